The van der Waals surface area contributed by atoms with Gasteiger partial charge >= 0.3 is 0 Å². The molecular weight excluding hydrogens is 268 g/mol. The Bertz CT molecular complexity index is 653. The van der Waals surface area contributed by atoms with Gasteiger partial charge in [0.15, 0.2) is 10.9 Å². The maximum absolute atomic E-state index is 11.3. The fourth-order valence-corrected chi connectivity index (χ4v) is 2.30. The zero-order valence-corrected chi connectivity index (χ0v) is 11.0. The number of nitrogens with zero attached hydrogens (tertiary/aromatic N) is 4. The number of aromatic nitrogens is 3. The monoisotopic (exact) mass is 278 g/mol. The summed E-state index contributed by atoms with van der Waals surface area (Å²) in [5.41, 5.74) is -0.0908. The minimum Gasteiger partial charge on any atom is -0.294 e. The van der Waals surface area contributed by atoms with Gasteiger partial charge in [0.05, 0.1) is 10.5 Å². The summed E-state index contributed by atoms with van der Waals surface area (Å²) in [6.07, 6.45) is 1.40. The number of Topliss-reactive ketones (excluding diaryl/α,β-unsaturated/α-hetero) is 1. The van der Waals surface area contributed by atoms with Gasteiger partial charge in [-0.1, -0.05) is 0 Å². The van der Waals surface area contributed by atoms with Gasteiger partial charge in [0.2, 0.25) is 0 Å². The molecule has 1 aromatic heterocycles. The SMILES string of the molecule is CC(=O)c1ccc(Sc2ncnn2C)cc1[N+](=O)[O-]. The molecule has 0 fully saturated rings. The van der Waals surface area contributed by atoms with Crippen molar-refractivity contribution in [2.75, 3.05) is 0 Å². The highest BCUT2D eigenvalue weighted by atomic mass is 32.2. The molecule has 0 unspecified atom stereocenters. The average Bonchev–Trinajstić information content (AvgIpc) is 2.74. The number of hydrogen-bond acceptors (Lipinski definition) is 6. The van der Waals surface area contributed by atoms with E-state index in [0.29, 0.717) is 10.1 Å². The molecule has 1 aromatic carbocycles. The molecule has 0 saturated carbocycles. The molecule has 1 heterocycles. The van der Waals surface area contributed by atoms with E-state index in [1.165, 1.54) is 37.1 Å². The maximum atomic E-state index is 11.3. The first-order valence-corrected chi connectivity index (χ1v) is 6.12. The van der Waals surface area contributed by atoms with E-state index in [1.54, 1.807) is 17.8 Å². The number of hydrogen-bond donors (Lipinski definition) is 0. The minimum absolute atomic E-state index is 0.104. The topological polar surface area (TPSA) is 90.9 Å². The van der Waals surface area contributed by atoms with Crippen molar-refractivity contribution in [3.63, 3.8) is 0 Å². The molecule has 0 atom stereocenters. The average molecular weight is 278 g/mol. The van der Waals surface area contributed by atoms with E-state index < -0.39 is 4.92 Å². The van der Waals surface area contributed by atoms with Crippen LogP contribution in [0.4, 0.5) is 5.69 Å². The van der Waals surface area contributed by atoms with Gasteiger partial charge in [0.1, 0.15) is 6.33 Å². The Kier molecular flexibility index (Phi) is 3.61. The van der Waals surface area contributed by atoms with E-state index in [-0.39, 0.29) is 17.0 Å². The number of nitro benzene ring substituents is 1. The summed E-state index contributed by atoms with van der Waals surface area (Å²) in [6, 6.07) is 4.48. The molecule has 0 saturated heterocycles. The van der Waals surface area contributed by atoms with Gasteiger partial charge in [-0.25, -0.2) is 9.67 Å². The predicted molar refractivity (Wildman–Crippen MR) is 68.2 cm³/mol. The van der Waals surface area contributed by atoms with Gasteiger partial charge in [-0.2, -0.15) is 5.10 Å². The van der Waals surface area contributed by atoms with Crippen molar-refractivity contribution in [1.82, 2.24) is 14.8 Å². The number of carbonyl (C=O) groups excluding carboxylic acids is 1. The fourth-order valence-electron chi connectivity index (χ4n) is 1.51. The smallest absolute Gasteiger partial charge is 0.281 e. The van der Waals surface area contributed by atoms with E-state index in [2.05, 4.69) is 10.1 Å². The largest absolute Gasteiger partial charge is 0.294 e. The Morgan fingerprint density at radius 3 is 2.74 bits per heavy atom. The van der Waals surface area contributed by atoms with Gasteiger partial charge in [-0.3, -0.25) is 14.9 Å². The van der Waals surface area contributed by atoms with Crippen LogP contribution in [-0.2, 0) is 7.05 Å². The highest BCUT2D eigenvalue weighted by molar-refractivity contribution is 7.99. The van der Waals surface area contributed by atoms with E-state index in [1.807, 2.05) is 0 Å². The lowest BCUT2D eigenvalue weighted by atomic mass is 10.1. The van der Waals surface area contributed by atoms with Crippen molar-refractivity contribution < 1.29 is 9.72 Å². The zero-order valence-electron chi connectivity index (χ0n) is 10.2. The fraction of sp³-hybridized carbons (Fsp3) is 0.182. The molecule has 0 amide bonds. The Hall–Kier alpha value is -2.22. The number of aryl methyl sites for hydroxylation is 1. The van der Waals surface area contributed by atoms with Crippen molar-refractivity contribution in [1.29, 1.82) is 0 Å². The second kappa shape index (κ2) is 5.19. The summed E-state index contributed by atoms with van der Waals surface area (Å²) in [6.45, 7) is 1.30. The molecule has 7 nitrogen and oxygen atoms in total. The lowest BCUT2D eigenvalue weighted by molar-refractivity contribution is -0.385. The second-order valence-corrected chi connectivity index (χ2v) is 4.80. The Balaban J connectivity index is 2.39. The molecular formula is C11H10N4O3S. The van der Waals surface area contributed by atoms with Crippen LogP contribution in [0, 0.1) is 10.1 Å². The van der Waals surface area contributed by atoms with Gasteiger partial charge in [-0.15, -0.1) is 0 Å². The van der Waals surface area contributed by atoms with Crippen LogP contribution in [0.25, 0.3) is 0 Å². The standard InChI is InChI=1S/C11H10N4O3S/c1-7(16)9-4-3-8(5-10(9)15(17)18)19-11-12-6-13-14(11)2/h3-6H,1-2H3. The van der Waals surface area contributed by atoms with E-state index in [4.69, 9.17) is 0 Å². The first kappa shape index (κ1) is 13.2. The molecule has 0 radical (unpaired) electrons. The predicted octanol–water partition coefficient (Wildman–Crippen LogP) is 2.08. The molecule has 19 heavy (non-hydrogen) atoms. The summed E-state index contributed by atoms with van der Waals surface area (Å²) < 4.78 is 1.56. The quantitative estimate of drug-likeness (QED) is 0.483. The summed E-state index contributed by atoms with van der Waals surface area (Å²) in [7, 11) is 1.73. The Morgan fingerprint density at radius 2 is 2.21 bits per heavy atom. The molecule has 0 spiro atoms. The van der Waals surface area contributed by atoms with E-state index >= 15 is 0 Å². The van der Waals surface area contributed by atoms with Gasteiger partial charge in [0.25, 0.3) is 5.69 Å². The third-order valence-corrected chi connectivity index (χ3v) is 3.47. The molecule has 2 rings (SSSR count). The Labute approximate surface area is 112 Å². The van der Waals surface area contributed by atoms with Crippen molar-refractivity contribution in [3.8, 4) is 0 Å². The van der Waals surface area contributed by atoms with Crippen LogP contribution in [0.3, 0.4) is 0 Å². The van der Waals surface area contributed by atoms with Gasteiger partial charge in [0, 0.05) is 18.0 Å². The van der Waals surface area contributed by atoms with Crippen LogP contribution < -0.4 is 0 Å². The van der Waals surface area contributed by atoms with Crippen molar-refractivity contribution >= 4 is 23.2 Å². The number of benzene rings is 1. The van der Waals surface area contributed by atoms with Crippen molar-refractivity contribution in [2.45, 2.75) is 17.0 Å². The van der Waals surface area contributed by atoms with Crippen molar-refractivity contribution in [3.05, 3.63) is 40.2 Å². The van der Waals surface area contributed by atoms with Crippen LogP contribution in [0.5, 0.6) is 0 Å². The molecule has 0 aliphatic heterocycles. The second-order valence-electron chi connectivity index (χ2n) is 3.76. The molecule has 0 aliphatic carbocycles. The molecule has 0 aliphatic rings. The van der Waals surface area contributed by atoms with Crippen LogP contribution >= 0.6 is 11.8 Å². The third kappa shape index (κ3) is 2.79. The first-order valence-electron chi connectivity index (χ1n) is 5.30. The van der Waals surface area contributed by atoms with Crippen LogP contribution in [0.15, 0.2) is 34.6 Å². The zero-order chi connectivity index (χ0) is 14.0. The lowest BCUT2D eigenvalue weighted by Crippen LogP contribution is -2.00. The van der Waals surface area contributed by atoms with Gasteiger partial charge in [-0.05, 0) is 30.8 Å². The summed E-state index contributed by atoms with van der Waals surface area (Å²) >= 11 is 1.25. The summed E-state index contributed by atoms with van der Waals surface area (Å²) in [5, 5.41) is 15.5. The molecule has 8 heteroatoms. The number of ketones is 1. The van der Waals surface area contributed by atoms with Gasteiger partial charge < -0.3 is 0 Å². The minimum atomic E-state index is -0.558. The van der Waals surface area contributed by atoms with Crippen LogP contribution in [-0.4, -0.2) is 25.5 Å². The Morgan fingerprint density at radius 1 is 1.47 bits per heavy atom. The lowest BCUT2D eigenvalue weighted by Gasteiger charge is -2.03. The van der Waals surface area contributed by atoms with E-state index in [0.717, 1.165) is 0 Å². The molecule has 2 aromatic rings. The molecule has 0 bridgehead atoms. The normalized spacial score (nSPS) is 10.4. The maximum Gasteiger partial charge on any atom is 0.281 e. The third-order valence-electron chi connectivity index (χ3n) is 2.42. The molecule has 98 valence electrons. The van der Waals surface area contributed by atoms with Crippen LogP contribution in [0.2, 0.25) is 0 Å². The summed E-state index contributed by atoms with van der Waals surface area (Å²) in [4.78, 5) is 26.4. The highest BCUT2D eigenvalue weighted by Gasteiger charge is 2.18. The number of carbonyl (C=O) groups is 1. The van der Waals surface area contributed by atoms with E-state index in [9.17, 15) is 14.9 Å². The number of rotatable bonds is 4. The highest BCUT2D eigenvalue weighted by Crippen LogP contribution is 2.30. The summed E-state index contributed by atoms with van der Waals surface area (Å²) in [5.74, 6) is -0.332. The first-order chi connectivity index (χ1) is 8.99. The van der Waals surface area contributed by atoms with Crippen molar-refractivity contribution in [2.24, 2.45) is 7.05 Å². The van der Waals surface area contributed by atoms with Crippen LogP contribution in [0.1, 0.15) is 17.3 Å². The number of nitro groups is 1. The molecule has 0 N–H and O–H groups in total.